The lowest BCUT2D eigenvalue weighted by molar-refractivity contribution is -0.136. The Morgan fingerprint density at radius 3 is 2.39 bits per heavy atom. The smallest absolute Gasteiger partial charge is 0.224 e. The van der Waals surface area contributed by atoms with E-state index in [1.807, 2.05) is 14.7 Å². The molecule has 0 saturated carbocycles. The van der Waals surface area contributed by atoms with Gasteiger partial charge in [0.2, 0.25) is 17.7 Å². The van der Waals surface area contributed by atoms with E-state index in [-0.39, 0.29) is 17.7 Å². The average molecular weight is 393 g/mol. The largest absolute Gasteiger partial charge is 0.342 e. The van der Waals surface area contributed by atoms with Gasteiger partial charge in [0.15, 0.2) is 0 Å². The van der Waals surface area contributed by atoms with Crippen LogP contribution in [0.15, 0.2) is 0 Å². The summed E-state index contributed by atoms with van der Waals surface area (Å²) in [6.07, 6.45) is 6.67. The van der Waals surface area contributed by atoms with E-state index in [1.165, 1.54) is 0 Å². The summed E-state index contributed by atoms with van der Waals surface area (Å²) in [4.78, 5) is 45.0. The van der Waals surface area contributed by atoms with Crippen molar-refractivity contribution >= 4 is 17.7 Å². The van der Waals surface area contributed by atoms with Crippen LogP contribution in [0.1, 0.15) is 51.4 Å². The van der Waals surface area contributed by atoms with Crippen LogP contribution >= 0.6 is 0 Å². The molecule has 158 valence electrons. The van der Waals surface area contributed by atoms with Gasteiger partial charge in [0, 0.05) is 71.6 Å². The zero-order chi connectivity index (χ0) is 19.9. The van der Waals surface area contributed by atoms with Crippen LogP contribution < -0.4 is 0 Å². The van der Waals surface area contributed by atoms with Gasteiger partial charge in [-0.3, -0.25) is 14.4 Å². The lowest BCUT2D eigenvalue weighted by atomic mass is 9.93. The number of piperazine rings is 1. The second-order valence-electron chi connectivity index (χ2n) is 8.66. The van der Waals surface area contributed by atoms with Crippen LogP contribution in [-0.4, -0.2) is 96.7 Å². The quantitative estimate of drug-likeness (QED) is 0.681. The number of carbonyl (C=O) groups is 3. The van der Waals surface area contributed by atoms with Crippen molar-refractivity contribution in [2.75, 3.05) is 59.4 Å². The molecular weight excluding hydrogens is 356 g/mol. The van der Waals surface area contributed by atoms with Crippen LogP contribution in [0.2, 0.25) is 0 Å². The Hall–Kier alpha value is -1.63. The van der Waals surface area contributed by atoms with E-state index in [9.17, 15) is 14.4 Å². The van der Waals surface area contributed by atoms with Crippen LogP contribution in [-0.2, 0) is 14.4 Å². The molecular formula is C21H36N4O3. The molecule has 0 bridgehead atoms. The molecule has 3 heterocycles. The van der Waals surface area contributed by atoms with E-state index in [0.29, 0.717) is 31.7 Å². The van der Waals surface area contributed by atoms with Gasteiger partial charge in [-0.05, 0) is 45.1 Å². The first-order valence-corrected chi connectivity index (χ1v) is 11.0. The Bertz CT molecular complexity index is 560. The third-order valence-corrected chi connectivity index (χ3v) is 6.51. The van der Waals surface area contributed by atoms with Crippen LogP contribution in [0.3, 0.4) is 0 Å². The van der Waals surface area contributed by atoms with E-state index in [1.54, 1.807) is 0 Å². The predicted molar refractivity (Wildman–Crippen MR) is 108 cm³/mol. The number of piperidine rings is 2. The fourth-order valence-electron chi connectivity index (χ4n) is 4.56. The maximum atomic E-state index is 12.6. The van der Waals surface area contributed by atoms with Gasteiger partial charge in [0.1, 0.15) is 0 Å². The number of amides is 3. The van der Waals surface area contributed by atoms with Gasteiger partial charge in [-0.25, -0.2) is 0 Å². The molecule has 1 atom stereocenters. The molecule has 7 heteroatoms. The first-order valence-electron chi connectivity index (χ1n) is 11.0. The van der Waals surface area contributed by atoms with Crippen LogP contribution in [0, 0.1) is 5.92 Å². The molecule has 3 aliphatic heterocycles. The molecule has 1 unspecified atom stereocenters. The van der Waals surface area contributed by atoms with Gasteiger partial charge in [0.25, 0.3) is 0 Å². The normalized spacial score (nSPS) is 24.5. The summed E-state index contributed by atoms with van der Waals surface area (Å²) in [5, 5.41) is 0. The first kappa shape index (κ1) is 21.1. The van der Waals surface area contributed by atoms with Crippen molar-refractivity contribution in [3.63, 3.8) is 0 Å². The van der Waals surface area contributed by atoms with Crippen LogP contribution in [0.25, 0.3) is 0 Å². The molecule has 28 heavy (non-hydrogen) atoms. The van der Waals surface area contributed by atoms with Gasteiger partial charge in [-0.1, -0.05) is 0 Å². The van der Waals surface area contributed by atoms with Crippen molar-refractivity contribution in [1.82, 2.24) is 19.6 Å². The fraction of sp³-hybridized carbons (Fsp3) is 0.857. The fourth-order valence-corrected chi connectivity index (χ4v) is 4.56. The second-order valence-corrected chi connectivity index (χ2v) is 8.66. The van der Waals surface area contributed by atoms with Crippen LogP contribution in [0.4, 0.5) is 0 Å². The van der Waals surface area contributed by atoms with Gasteiger partial charge in [-0.15, -0.1) is 0 Å². The van der Waals surface area contributed by atoms with Gasteiger partial charge < -0.3 is 19.6 Å². The molecule has 3 fully saturated rings. The zero-order valence-corrected chi connectivity index (χ0v) is 17.4. The summed E-state index contributed by atoms with van der Waals surface area (Å²) in [6, 6.07) is 0. The topological polar surface area (TPSA) is 64.2 Å². The number of nitrogens with zero attached hydrogens (tertiary/aromatic N) is 4. The summed E-state index contributed by atoms with van der Waals surface area (Å²) in [5.74, 6) is 1.04. The average Bonchev–Trinajstić information content (AvgIpc) is 2.72. The van der Waals surface area contributed by atoms with Gasteiger partial charge in [-0.2, -0.15) is 0 Å². The second kappa shape index (κ2) is 10.2. The number of rotatable bonds is 6. The molecule has 7 nitrogen and oxygen atoms in total. The van der Waals surface area contributed by atoms with E-state index < -0.39 is 0 Å². The van der Waals surface area contributed by atoms with Crippen molar-refractivity contribution in [3.8, 4) is 0 Å². The summed E-state index contributed by atoms with van der Waals surface area (Å²) in [7, 11) is 2.09. The Labute approximate surface area is 169 Å². The lowest BCUT2D eigenvalue weighted by Gasteiger charge is -2.35. The highest BCUT2D eigenvalue weighted by atomic mass is 16.2. The summed E-state index contributed by atoms with van der Waals surface area (Å²) in [5.41, 5.74) is 0. The number of hydrogen-bond donors (Lipinski definition) is 0. The molecule has 0 spiro atoms. The molecule has 3 rings (SSSR count). The van der Waals surface area contributed by atoms with Crippen LogP contribution in [0.5, 0.6) is 0 Å². The molecule has 0 aromatic rings. The standard InChI is InChI=1S/C21H36N4O3/c1-22-13-15-24(16-14-22)20(27)8-7-18-5-4-11-25(17-18)21(28)9-12-23-10-3-2-6-19(23)26/h18H,2-17H2,1H3. The Kier molecular flexibility index (Phi) is 7.71. The Morgan fingerprint density at radius 2 is 1.64 bits per heavy atom. The minimum atomic E-state index is 0.161. The van der Waals surface area contributed by atoms with Crippen molar-refractivity contribution in [2.45, 2.75) is 51.4 Å². The third-order valence-electron chi connectivity index (χ3n) is 6.51. The van der Waals surface area contributed by atoms with E-state index in [4.69, 9.17) is 0 Å². The van der Waals surface area contributed by atoms with Gasteiger partial charge >= 0.3 is 0 Å². The molecule has 3 saturated heterocycles. The number of likely N-dealkylation sites (N-methyl/N-ethyl adjacent to an activating group) is 1. The maximum Gasteiger partial charge on any atom is 0.224 e. The Morgan fingerprint density at radius 1 is 0.893 bits per heavy atom. The molecule has 3 aliphatic rings. The van der Waals surface area contributed by atoms with Crippen molar-refractivity contribution in [2.24, 2.45) is 5.92 Å². The number of hydrogen-bond acceptors (Lipinski definition) is 4. The maximum absolute atomic E-state index is 12.6. The summed E-state index contributed by atoms with van der Waals surface area (Å²) >= 11 is 0. The molecule has 3 amide bonds. The molecule has 0 aliphatic carbocycles. The lowest BCUT2D eigenvalue weighted by Crippen LogP contribution is -2.47. The zero-order valence-electron chi connectivity index (χ0n) is 17.4. The van der Waals surface area contributed by atoms with E-state index >= 15 is 0 Å². The highest BCUT2D eigenvalue weighted by Crippen LogP contribution is 2.22. The highest BCUT2D eigenvalue weighted by molar-refractivity contribution is 5.79. The minimum absolute atomic E-state index is 0.161. The van der Waals surface area contributed by atoms with Crippen molar-refractivity contribution in [3.05, 3.63) is 0 Å². The van der Waals surface area contributed by atoms with Crippen molar-refractivity contribution in [1.29, 1.82) is 0 Å². The van der Waals surface area contributed by atoms with Crippen molar-refractivity contribution < 1.29 is 14.4 Å². The summed E-state index contributed by atoms with van der Waals surface area (Å²) in [6.45, 7) is 6.51. The SMILES string of the molecule is CN1CCN(C(=O)CCC2CCCN(C(=O)CCN3CCCCC3=O)C2)CC1. The number of carbonyl (C=O) groups excluding carboxylic acids is 3. The third kappa shape index (κ3) is 5.93. The highest BCUT2D eigenvalue weighted by Gasteiger charge is 2.26. The van der Waals surface area contributed by atoms with Gasteiger partial charge in [0.05, 0.1) is 0 Å². The number of likely N-dealkylation sites (tertiary alicyclic amines) is 2. The monoisotopic (exact) mass is 392 g/mol. The first-order chi connectivity index (χ1) is 13.5. The Balaban J connectivity index is 1.37. The summed E-state index contributed by atoms with van der Waals surface area (Å²) < 4.78 is 0. The van der Waals surface area contributed by atoms with E-state index in [2.05, 4.69) is 11.9 Å². The minimum Gasteiger partial charge on any atom is -0.342 e. The molecule has 0 aromatic heterocycles. The molecule has 0 radical (unpaired) electrons. The molecule has 0 aromatic carbocycles. The molecule has 0 N–H and O–H groups in total. The van der Waals surface area contributed by atoms with E-state index in [0.717, 1.165) is 77.9 Å². The predicted octanol–water partition coefficient (Wildman–Crippen LogP) is 1.18.